The summed E-state index contributed by atoms with van der Waals surface area (Å²) in [5.41, 5.74) is 5.28. The summed E-state index contributed by atoms with van der Waals surface area (Å²) >= 11 is 7.06. The monoisotopic (exact) mass is 402 g/mol. The van der Waals surface area contributed by atoms with Gasteiger partial charge in [0.05, 0.1) is 18.0 Å². The molecule has 1 unspecified atom stereocenters. The first-order chi connectivity index (χ1) is 14.1. The van der Waals surface area contributed by atoms with E-state index < -0.39 is 0 Å². The van der Waals surface area contributed by atoms with Crippen LogP contribution in [0, 0.1) is 5.92 Å². The van der Waals surface area contributed by atoms with Gasteiger partial charge in [-0.05, 0) is 36.6 Å². The normalized spacial score (nSPS) is 23.1. The molecule has 1 aliphatic carbocycles. The zero-order valence-corrected chi connectivity index (χ0v) is 16.7. The molecule has 1 atom stereocenters. The van der Waals surface area contributed by atoms with Gasteiger partial charge in [-0.2, -0.15) is 4.99 Å². The number of nitrogens with zero attached hydrogens (tertiary/aromatic N) is 3. The number of hydrogen-bond donors (Lipinski definition) is 0. The van der Waals surface area contributed by atoms with Crippen LogP contribution < -0.4 is 4.74 Å². The Morgan fingerprint density at radius 2 is 1.93 bits per heavy atom. The van der Waals surface area contributed by atoms with Crippen molar-refractivity contribution in [2.75, 3.05) is 0 Å². The van der Waals surface area contributed by atoms with Crippen LogP contribution in [0.25, 0.3) is 0 Å². The molecule has 2 aromatic carbocycles. The highest BCUT2D eigenvalue weighted by atomic mass is 35.5. The maximum absolute atomic E-state index is 7.06. The van der Waals surface area contributed by atoms with Crippen LogP contribution in [0.5, 0.6) is 5.75 Å². The number of aliphatic imine (C=N–C) groups is 2. The van der Waals surface area contributed by atoms with Gasteiger partial charge in [0.15, 0.2) is 11.8 Å². The molecule has 0 N–H and O–H groups in total. The van der Waals surface area contributed by atoms with Gasteiger partial charge in [-0.15, -0.1) is 4.00 Å². The van der Waals surface area contributed by atoms with E-state index in [0.29, 0.717) is 12.5 Å². The standard InChI is InChI=1S/C24H21ClN3O/c1-17-12-20(13-17)23-22-15-26-10-11-28(22,25)24(27-23)19-8-5-9-21(14-19)29-16-18-6-3-2-4-7-18/h2-11,14-15,20H,1,12-13,16H2/q+1. The Kier molecular flexibility index (Phi) is 4.46. The molecule has 0 amide bonds. The van der Waals surface area contributed by atoms with E-state index in [9.17, 15) is 0 Å². The number of fused-ring (bicyclic) bond motifs is 1. The summed E-state index contributed by atoms with van der Waals surface area (Å²) in [5, 5.41) is 0. The van der Waals surface area contributed by atoms with Crippen molar-refractivity contribution in [3.8, 4) is 5.75 Å². The van der Waals surface area contributed by atoms with Crippen molar-refractivity contribution in [2.45, 2.75) is 19.4 Å². The third-order valence-electron chi connectivity index (χ3n) is 5.50. The number of halogens is 1. The molecule has 0 radical (unpaired) electrons. The summed E-state index contributed by atoms with van der Waals surface area (Å²) in [6.45, 7) is 4.58. The molecule has 0 aromatic heterocycles. The smallest absolute Gasteiger partial charge is 0.263 e. The van der Waals surface area contributed by atoms with E-state index in [-0.39, 0.29) is 4.00 Å². The Bertz CT molecular complexity index is 1090. The lowest BCUT2D eigenvalue weighted by Gasteiger charge is -2.28. The highest BCUT2D eigenvalue weighted by Gasteiger charge is 2.48. The third-order valence-corrected chi connectivity index (χ3v) is 5.95. The molecular formula is C24H21ClN3O+. The topological polar surface area (TPSA) is 34.0 Å². The molecule has 5 rings (SSSR count). The van der Waals surface area contributed by atoms with Crippen LogP contribution in [-0.2, 0) is 6.61 Å². The lowest BCUT2D eigenvalue weighted by Crippen LogP contribution is -2.38. The molecular weight excluding hydrogens is 382 g/mol. The van der Waals surface area contributed by atoms with Gasteiger partial charge in [-0.25, -0.2) is 0 Å². The van der Waals surface area contributed by atoms with Crippen molar-refractivity contribution >= 4 is 23.8 Å². The molecule has 1 saturated carbocycles. The fourth-order valence-corrected chi connectivity index (χ4v) is 4.24. The summed E-state index contributed by atoms with van der Waals surface area (Å²) in [6, 6.07) is 18.1. The second kappa shape index (κ2) is 7.14. The average molecular weight is 403 g/mol. The number of quaternary nitrogens is 1. The Morgan fingerprint density at radius 3 is 2.72 bits per heavy atom. The number of rotatable bonds is 5. The molecule has 0 bridgehead atoms. The second-order valence-electron chi connectivity index (χ2n) is 7.58. The van der Waals surface area contributed by atoms with E-state index in [4.69, 9.17) is 21.5 Å². The van der Waals surface area contributed by atoms with E-state index in [1.54, 1.807) is 6.20 Å². The minimum Gasteiger partial charge on any atom is -0.489 e. The van der Waals surface area contributed by atoms with E-state index in [1.165, 1.54) is 5.57 Å². The van der Waals surface area contributed by atoms with Crippen LogP contribution >= 0.6 is 11.8 Å². The molecule has 2 aromatic rings. The highest BCUT2D eigenvalue weighted by molar-refractivity contribution is 6.20. The number of amidine groups is 1. The quantitative estimate of drug-likeness (QED) is 0.464. The summed E-state index contributed by atoms with van der Waals surface area (Å²) in [6.07, 6.45) is 7.35. The first kappa shape index (κ1) is 18.1. The van der Waals surface area contributed by atoms with Gasteiger partial charge in [0.25, 0.3) is 5.84 Å². The fourth-order valence-electron chi connectivity index (χ4n) is 3.92. The van der Waals surface area contributed by atoms with Crippen LogP contribution in [-0.4, -0.2) is 16.1 Å². The van der Waals surface area contributed by atoms with Crippen molar-refractivity contribution < 1.29 is 8.74 Å². The highest BCUT2D eigenvalue weighted by Crippen LogP contribution is 2.46. The van der Waals surface area contributed by atoms with Crippen LogP contribution in [0.2, 0.25) is 0 Å². The Balaban J connectivity index is 1.44. The summed E-state index contributed by atoms with van der Waals surface area (Å²) < 4.78 is 6.03. The van der Waals surface area contributed by atoms with Gasteiger partial charge in [0.2, 0.25) is 5.70 Å². The Hall–Kier alpha value is -2.95. The molecule has 1 fully saturated rings. The largest absolute Gasteiger partial charge is 0.489 e. The van der Waals surface area contributed by atoms with Crippen molar-refractivity contribution in [2.24, 2.45) is 15.9 Å². The van der Waals surface area contributed by atoms with Gasteiger partial charge in [-0.3, -0.25) is 4.99 Å². The zero-order chi connectivity index (χ0) is 19.8. The maximum Gasteiger partial charge on any atom is 0.263 e. The first-order valence-electron chi connectivity index (χ1n) is 9.70. The molecule has 5 heteroatoms. The minimum atomic E-state index is 0.0178. The van der Waals surface area contributed by atoms with Gasteiger partial charge in [0.1, 0.15) is 24.3 Å². The molecule has 2 aliphatic heterocycles. The van der Waals surface area contributed by atoms with Crippen LogP contribution in [0.4, 0.5) is 0 Å². The number of hydrogen-bond acceptors (Lipinski definition) is 3. The summed E-state index contributed by atoms with van der Waals surface area (Å²) in [4.78, 5) is 9.29. The van der Waals surface area contributed by atoms with Gasteiger partial charge < -0.3 is 4.74 Å². The molecule has 4 nitrogen and oxygen atoms in total. The number of benzene rings is 2. The van der Waals surface area contributed by atoms with Crippen molar-refractivity contribution in [1.82, 2.24) is 0 Å². The van der Waals surface area contributed by atoms with E-state index >= 15 is 0 Å². The number of ether oxygens (including phenoxy) is 1. The second-order valence-corrected chi connectivity index (χ2v) is 8.11. The number of allylic oxidation sites excluding steroid dienone is 3. The Labute approximate surface area is 175 Å². The lowest BCUT2D eigenvalue weighted by atomic mass is 9.78. The van der Waals surface area contributed by atoms with Gasteiger partial charge >= 0.3 is 0 Å². The van der Waals surface area contributed by atoms with E-state index in [2.05, 4.69) is 23.7 Å². The van der Waals surface area contributed by atoms with E-state index in [0.717, 1.165) is 46.9 Å². The molecule has 0 saturated heterocycles. The van der Waals surface area contributed by atoms with Crippen molar-refractivity contribution in [3.63, 3.8) is 0 Å². The predicted octanol–water partition coefficient (Wildman–Crippen LogP) is 5.73. The van der Waals surface area contributed by atoms with Crippen LogP contribution in [0.3, 0.4) is 0 Å². The Morgan fingerprint density at radius 1 is 1.10 bits per heavy atom. The van der Waals surface area contributed by atoms with Gasteiger partial charge in [-0.1, -0.05) is 48.6 Å². The molecule has 29 heavy (non-hydrogen) atoms. The first-order valence-corrected chi connectivity index (χ1v) is 10.0. The molecule has 3 aliphatic rings. The van der Waals surface area contributed by atoms with Crippen LogP contribution in [0.1, 0.15) is 24.0 Å². The molecule has 0 spiro atoms. The predicted molar refractivity (Wildman–Crippen MR) is 116 cm³/mol. The fraction of sp³-hybridized carbons (Fsp3) is 0.167. The zero-order valence-electron chi connectivity index (χ0n) is 16.0. The summed E-state index contributed by atoms with van der Waals surface area (Å²) in [5.74, 6) is 1.93. The minimum absolute atomic E-state index is 0.0178. The molecule has 144 valence electrons. The lowest BCUT2D eigenvalue weighted by molar-refractivity contribution is -0.600. The van der Waals surface area contributed by atoms with Crippen LogP contribution in [0.15, 0.2) is 101 Å². The maximum atomic E-state index is 7.06. The summed E-state index contributed by atoms with van der Waals surface area (Å²) in [7, 11) is 0. The SMILES string of the molecule is C=C1CC(C2=C3C=NC=C[N+]3(Cl)C(c3cccc(OCc4ccccc4)c3)=N2)C1. The van der Waals surface area contributed by atoms with Gasteiger partial charge in [0, 0.05) is 5.92 Å². The van der Waals surface area contributed by atoms with Crippen molar-refractivity contribution in [3.05, 3.63) is 102 Å². The third kappa shape index (κ3) is 3.24. The molecule has 2 heterocycles. The average Bonchev–Trinajstić information content (AvgIpc) is 3.03. The van der Waals surface area contributed by atoms with Crippen molar-refractivity contribution in [1.29, 1.82) is 0 Å². The van der Waals surface area contributed by atoms with E-state index in [1.807, 2.05) is 54.9 Å².